The van der Waals surface area contributed by atoms with Gasteiger partial charge in [0.1, 0.15) is 5.75 Å². The maximum atomic E-state index is 12.9. The monoisotopic (exact) mass is 389 g/mol. The Morgan fingerprint density at radius 1 is 1.15 bits per heavy atom. The second-order valence-corrected chi connectivity index (χ2v) is 6.21. The van der Waals surface area contributed by atoms with Crippen molar-refractivity contribution in [2.75, 3.05) is 5.32 Å². The highest BCUT2D eigenvalue weighted by Gasteiger charge is 2.32. The standard InChI is InChI=1S/C19H17F2N3O2S/c1-11-15(17(25)23-12-7-3-2-4-8-12)16(24-19(27)22-11)13-9-5-6-10-14(13)26-18(20)21/h2-10,16,18H,1H3,(H,23,25)(H2,22,24,27)/t16-/m1/s1. The van der Waals surface area contributed by atoms with E-state index in [0.717, 1.165) is 0 Å². The first-order chi connectivity index (χ1) is 13.0. The van der Waals surface area contributed by atoms with Gasteiger partial charge in [0.15, 0.2) is 5.11 Å². The maximum absolute atomic E-state index is 12.9. The van der Waals surface area contributed by atoms with Gasteiger partial charge in [0.2, 0.25) is 0 Å². The zero-order valence-corrected chi connectivity index (χ0v) is 15.1. The van der Waals surface area contributed by atoms with Crippen molar-refractivity contribution in [3.05, 3.63) is 71.4 Å². The first kappa shape index (κ1) is 18.8. The fourth-order valence-corrected chi connectivity index (χ4v) is 3.14. The zero-order chi connectivity index (χ0) is 19.4. The van der Waals surface area contributed by atoms with Crippen LogP contribution in [0.15, 0.2) is 65.9 Å². The fraction of sp³-hybridized carbons (Fsp3) is 0.158. The highest BCUT2D eigenvalue weighted by molar-refractivity contribution is 7.80. The molecule has 1 heterocycles. The highest BCUT2D eigenvalue weighted by atomic mass is 32.1. The first-order valence-corrected chi connectivity index (χ1v) is 8.55. The molecule has 1 aliphatic rings. The van der Waals surface area contributed by atoms with E-state index in [2.05, 4.69) is 20.7 Å². The van der Waals surface area contributed by atoms with Crippen LogP contribution in [0.5, 0.6) is 5.75 Å². The number of rotatable bonds is 5. The molecule has 5 nitrogen and oxygen atoms in total. The molecule has 0 radical (unpaired) electrons. The molecule has 2 aromatic rings. The van der Waals surface area contributed by atoms with Gasteiger partial charge in [-0.15, -0.1) is 0 Å². The van der Waals surface area contributed by atoms with E-state index >= 15 is 0 Å². The average Bonchev–Trinajstić information content (AvgIpc) is 2.61. The third-order valence-corrected chi connectivity index (χ3v) is 4.21. The lowest BCUT2D eigenvalue weighted by molar-refractivity contribution is -0.113. The zero-order valence-electron chi connectivity index (χ0n) is 14.3. The van der Waals surface area contributed by atoms with Gasteiger partial charge in [0, 0.05) is 16.9 Å². The van der Waals surface area contributed by atoms with Crippen molar-refractivity contribution in [1.82, 2.24) is 10.6 Å². The summed E-state index contributed by atoms with van der Waals surface area (Å²) in [6.07, 6.45) is 0. The summed E-state index contributed by atoms with van der Waals surface area (Å²) in [5.74, 6) is -0.398. The lowest BCUT2D eigenvalue weighted by Crippen LogP contribution is -2.45. The number of thiocarbonyl (C=S) groups is 1. The Labute approximate surface area is 160 Å². The Hall–Kier alpha value is -3.00. The molecule has 27 heavy (non-hydrogen) atoms. The molecule has 0 aliphatic carbocycles. The highest BCUT2D eigenvalue weighted by Crippen LogP contribution is 2.34. The van der Waals surface area contributed by atoms with Crippen LogP contribution in [0, 0.1) is 0 Å². The largest absolute Gasteiger partial charge is 0.434 e. The third-order valence-electron chi connectivity index (χ3n) is 3.99. The molecule has 3 N–H and O–H groups in total. The molecule has 2 aromatic carbocycles. The van der Waals surface area contributed by atoms with Crippen molar-refractivity contribution < 1.29 is 18.3 Å². The van der Waals surface area contributed by atoms with Gasteiger partial charge in [-0.3, -0.25) is 4.79 Å². The summed E-state index contributed by atoms with van der Waals surface area (Å²) >= 11 is 5.18. The Morgan fingerprint density at radius 2 is 1.81 bits per heavy atom. The van der Waals surface area contributed by atoms with Crippen LogP contribution in [-0.2, 0) is 4.79 Å². The van der Waals surface area contributed by atoms with Gasteiger partial charge < -0.3 is 20.7 Å². The van der Waals surface area contributed by atoms with Gasteiger partial charge in [-0.25, -0.2) is 0 Å². The minimum atomic E-state index is -2.98. The summed E-state index contributed by atoms with van der Waals surface area (Å²) in [7, 11) is 0. The number of allylic oxidation sites excluding steroid dienone is 1. The number of amides is 1. The van der Waals surface area contributed by atoms with Gasteiger partial charge in [-0.05, 0) is 37.3 Å². The van der Waals surface area contributed by atoms with Gasteiger partial charge in [0.25, 0.3) is 5.91 Å². The summed E-state index contributed by atoms with van der Waals surface area (Å²) in [5.41, 5.74) is 1.87. The predicted molar refractivity (Wildman–Crippen MR) is 102 cm³/mol. The van der Waals surface area contributed by atoms with E-state index in [1.807, 2.05) is 6.07 Å². The molecule has 0 aromatic heterocycles. The van der Waals surface area contributed by atoms with Crippen LogP contribution in [0.3, 0.4) is 0 Å². The molecular weight excluding hydrogens is 372 g/mol. The van der Waals surface area contributed by atoms with Crippen LogP contribution in [0.2, 0.25) is 0 Å². The van der Waals surface area contributed by atoms with E-state index in [4.69, 9.17) is 12.2 Å². The molecule has 1 atom stereocenters. The minimum absolute atomic E-state index is 0.0208. The molecular formula is C19H17F2N3O2S. The third kappa shape index (κ3) is 4.40. The number of nitrogens with one attached hydrogen (secondary N) is 3. The van der Waals surface area contributed by atoms with Crippen LogP contribution in [-0.4, -0.2) is 17.6 Å². The molecule has 0 unspecified atom stereocenters. The number of hydrogen-bond acceptors (Lipinski definition) is 3. The van der Waals surface area contributed by atoms with Gasteiger partial charge >= 0.3 is 6.61 Å². The van der Waals surface area contributed by atoms with Gasteiger partial charge in [0.05, 0.1) is 11.6 Å². The Bertz CT molecular complexity index is 888. The molecule has 0 spiro atoms. The number of benzene rings is 2. The summed E-state index contributed by atoms with van der Waals surface area (Å²) < 4.78 is 30.2. The fourth-order valence-electron chi connectivity index (χ4n) is 2.87. The Balaban J connectivity index is 1.99. The maximum Gasteiger partial charge on any atom is 0.387 e. The summed E-state index contributed by atoms with van der Waals surface area (Å²) in [6, 6.07) is 14.5. The topological polar surface area (TPSA) is 62.4 Å². The lowest BCUT2D eigenvalue weighted by Gasteiger charge is -2.31. The van der Waals surface area contributed by atoms with E-state index in [-0.39, 0.29) is 11.7 Å². The minimum Gasteiger partial charge on any atom is -0.434 e. The molecule has 0 saturated carbocycles. The lowest BCUT2D eigenvalue weighted by atomic mass is 9.94. The number of carbonyl (C=O) groups excluding carboxylic acids is 1. The number of hydrogen-bond donors (Lipinski definition) is 3. The quantitative estimate of drug-likeness (QED) is 0.681. The second-order valence-electron chi connectivity index (χ2n) is 5.81. The molecule has 140 valence electrons. The van der Waals surface area contributed by atoms with E-state index in [1.165, 1.54) is 6.07 Å². The van der Waals surface area contributed by atoms with Crippen molar-refractivity contribution in [2.24, 2.45) is 0 Å². The smallest absolute Gasteiger partial charge is 0.387 e. The van der Waals surface area contributed by atoms with Crippen molar-refractivity contribution >= 4 is 28.9 Å². The van der Waals surface area contributed by atoms with Crippen LogP contribution < -0.4 is 20.7 Å². The second kappa shape index (κ2) is 8.13. The summed E-state index contributed by atoms with van der Waals surface area (Å²) in [5, 5.41) is 8.98. The molecule has 1 aliphatic heterocycles. The van der Waals surface area contributed by atoms with E-state index < -0.39 is 12.7 Å². The number of carbonyl (C=O) groups is 1. The Kier molecular flexibility index (Phi) is 5.66. The van der Waals surface area contributed by atoms with Gasteiger partial charge in [-0.2, -0.15) is 8.78 Å². The van der Waals surface area contributed by atoms with E-state index in [1.54, 1.807) is 49.4 Å². The van der Waals surface area contributed by atoms with Gasteiger partial charge in [-0.1, -0.05) is 36.4 Å². The predicted octanol–water partition coefficient (Wildman–Crippen LogP) is 3.72. The molecule has 0 bridgehead atoms. The van der Waals surface area contributed by atoms with Crippen LogP contribution in [0.25, 0.3) is 0 Å². The van der Waals surface area contributed by atoms with E-state index in [0.29, 0.717) is 27.6 Å². The number of alkyl halides is 2. The number of anilines is 1. The molecule has 3 rings (SSSR count). The van der Waals surface area contributed by atoms with Crippen molar-refractivity contribution in [3.63, 3.8) is 0 Å². The SMILES string of the molecule is CC1=C(C(=O)Nc2ccccc2)[C@@H](c2ccccc2OC(F)F)NC(=S)N1. The Morgan fingerprint density at radius 3 is 2.52 bits per heavy atom. The molecule has 0 fully saturated rings. The molecule has 8 heteroatoms. The number of ether oxygens (including phenoxy) is 1. The normalized spacial score (nSPS) is 16.6. The van der Waals surface area contributed by atoms with E-state index in [9.17, 15) is 13.6 Å². The van der Waals surface area contributed by atoms with Crippen molar-refractivity contribution in [2.45, 2.75) is 19.6 Å². The molecule has 1 amide bonds. The summed E-state index contributed by atoms with van der Waals surface area (Å²) in [6.45, 7) is -1.28. The average molecular weight is 389 g/mol. The molecule has 0 saturated heterocycles. The van der Waals surface area contributed by atoms with Crippen molar-refractivity contribution in [3.8, 4) is 5.75 Å². The number of para-hydroxylation sites is 2. The number of halogens is 2. The van der Waals surface area contributed by atoms with Crippen LogP contribution in [0.1, 0.15) is 18.5 Å². The first-order valence-electron chi connectivity index (χ1n) is 8.14. The van der Waals surface area contributed by atoms with Crippen molar-refractivity contribution in [1.29, 1.82) is 0 Å². The summed E-state index contributed by atoms with van der Waals surface area (Å²) in [4.78, 5) is 12.9. The van der Waals surface area contributed by atoms with Crippen LogP contribution in [0.4, 0.5) is 14.5 Å². The van der Waals surface area contributed by atoms with Crippen LogP contribution >= 0.6 is 12.2 Å².